The zero-order chi connectivity index (χ0) is 13.8. The van der Waals surface area contributed by atoms with E-state index in [-0.39, 0.29) is 11.7 Å². The van der Waals surface area contributed by atoms with Crippen molar-refractivity contribution in [1.82, 2.24) is 4.90 Å². The molecule has 0 atom stereocenters. The van der Waals surface area contributed by atoms with Crippen LogP contribution < -0.4 is 0 Å². The second-order valence-electron chi connectivity index (χ2n) is 5.19. The molecule has 1 saturated carbocycles. The molecule has 1 aromatic rings. The SMILES string of the molecule is Cc1c(O)cccc1C(=O)N(C)CCOCC1CC1. The number of rotatable bonds is 6. The van der Waals surface area contributed by atoms with E-state index in [9.17, 15) is 9.90 Å². The number of benzene rings is 1. The summed E-state index contributed by atoms with van der Waals surface area (Å²) in [6.07, 6.45) is 2.55. The van der Waals surface area contributed by atoms with Crippen LogP contribution in [0.1, 0.15) is 28.8 Å². The molecule has 0 radical (unpaired) electrons. The summed E-state index contributed by atoms with van der Waals surface area (Å²) < 4.78 is 5.52. The van der Waals surface area contributed by atoms with Crippen LogP contribution in [0.15, 0.2) is 18.2 Å². The summed E-state index contributed by atoms with van der Waals surface area (Å²) in [6, 6.07) is 5.01. The lowest BCUT2D eigenvalue weighted by Gasteiger charge is -2.18. The molecule has 1 aliphatic rings. The van der Waals surface area contributed by atoms with Gasteiger partial charge in [0.2, 0.25) is 0 Å². The Bertz CT molecular complexity index is 455. The smallest absolute Gasteiger partial charge is 0.254 e. The van der Waals surface area contributed by atoms with Gasteiger partial charge in [-0.3, -0.25) is 4.79 Å². The number of amides is 1. The summed E-state index contributed by atoms with van der Waals surface area (Å²) in [7, 11) is 1.76. The van der Waals surface area contributed by atoms with Crippen molar-refractivity contribution < 1.29 is 14.6 Å². The Balaban J connectivity index is 1.84. The Labute approximate surface area is 114 Å². The molecule has 1 aliphatic carbocycles. The third-order valence-electron chi connectivity index (χ3n) is 3.50. The van der Waals surface area contributed by atoms with Crippen molar-refractivity contribution in [2.24, 2.45) is 5.92 Å². The number of carbonyl (C=O) groups excluding carboxylic acids is 1. The van der Waals surface area contributed by atoms with Gasteiger partial charge in [0, 0.05) is 31.3 Å². The van der Waals surface area contributed by atoms with Gasteiger partial charge in [-0.15, -0.1) is 0 Å². The predicted molar refractivity (Wildman–Crippen MR) is 73.3 cm³/mol. The van der Waals surface area contributed by atoms with E-state index in [4.69, 9.17) is 4.74 Å². The molecule has 4 nitrogen and oxygen atoms in total. The van der Waals surface area contributed by atoms with E-state index in [1.54, 1.807) is 37.1 Å². The van der Waals surface area contributed by atoms with Gasteiger partial charge in [0.05, 0.1) is 6.61 Å². The standard InChI is InChI=1S/C15H21NO3/c1-11-13(4-3-5-14(11)17)15(18)16(2)8-9-19-10-12-6-7-12/h3-5,12,17H,6-10H2,1-2H3. The summed E-state index contributed by atoms with van der Waals surface area (Å²) in [6.45, 7) is 3.70. The first-order chi connectivity index (χ1) is 9.09. The first-order valence-electron chi connectivity index (χ1n) is 6.71. The van der Waals surface area contributed by atoms with Crippen molar-refractivity contribution in [3.05, 3.63) is 29.3 Å². The molecule has 1 aromatic carbocycles. The number of hydrogen-bond acceptors (Lipinski definition) is 3. The maximum Gasteiger partial charge on any atom is 0.254 e. The first kappa shape index (κ1) is 13.9. The Kier molecular flexibility index (Phi) is 4.43. The van der Waals surface area contributed by atoms with Gasteiger partial charge in [-0.1, -0.05) is 6.07 Å². The van der Waals surface area contributed by atoms with Crippen LogP contribution in [-0.4, -0.2) is 42.7 Å². The second-order valence-corrected chi connectivity index (χ2v) is 5.19. The lowest BCUT2D eigenvalue weighted by molar-refractivity contribution is 0.0680. The number of phenols is 1. The lowest BCUT2D eigenvalue weighted by Crippen LogP contribution is -2.30. The molecule has 0 aromatic heterocycles. The number of hydrogen-bond donors (Lipinski definition) is 1. The summed E-state index contributed by atoms with van der Waals surface area (Å²) in [5, 5.41) is 9.62. The van der Waals surface area contributed by atoms with Crippen molar-refractivity contribution in [3.63, 3.8) is 0 Å². The van der Waals surface area contributed by atoms with Gasteiger partial charge in [0.15, 0.2) is 0 Å². The van der Waals surface area contributed by atoms with Gasteiger partial charge < -0.3 is 14.7 Å². The third-order valence-corrected chi connectivity index (χ3v) is 3.50. The molecule has 0 bridgehead atoms. The minimum absolute atomic E-state index is 0.0802. The number of ether oxygens (including phenoxy) is 1. The van der Waals surface area contributed by atoms with Crippen LogP contribution in [-0.2, 0) is 4.74 Å². The van der Waals surface area contributed by atoms with Crippen LogP contribution in [0, 0.1) is 12.8 Å². The van der Waals surface area contributed by atoms with Crippen molar-refractivity contribution in [2.45, 2.75) is 19.8 Å². The largest absolute Gasteiger partial charge is 0.508 e. The van der Waals surface area contributed by atoms with Crippen LogP contribution >= 0.6 is 0 Å². The number of carbonyl (C=O) groups is 1. The van der Waals surface area contributed by atoms with E-state index < -0.39 is 0 Å². The summed E-state index contributed by atoms with van der Waals surface area (Å²) in [5.41, 5.74) is 1.17. The Morgan fingerprint density at radius 2 is 2.21 bits per heavy atom. The van der Waals surface area contributed by atoms with E-state index in [1.165, 1.54) is 12.8 Å². The van der Waals surface area contributed by atoms with E-state index >= 15 is 0 Å². The lowest BCUT2D eigenvalue weighted by atomic mass is 10.1. The van der Waals surface area contributed by atoms with Crippen molar-refractivity contribution in [1.29, 1.82) is 0 Å². The van der Waals surface area contributed by atoms with Gasteiger partial charge in [0.1, 0.15) is 5.75 Å². The highest BCUT2D eigenvalue weighted by atomic mass is 16.5. The van der Waals surface area contributed by atoms with Crippen LogP contribution in [0.2, 0.25) is 0 Å². The van der Waals surface area contributed by atoms with E-state index in [1.807, 2.05) is 0 Å². The molecule has 0 heterocycles. The van der Waals surface area contributed by atoms with Crippen LogP contribution in [0.25, 0.3) is 0 Å². The van der Waals surface area contributed by atoms with Crippen LogP contribution in [0.3, 0.4) is 0 Å². The molecule has 0 spiro atoms. The second kappa shape index (κ2) is 6.06. The molecule has 19 heavy (non-hydrogen) atoms. The number of phenolic OH excluding ortho intramolecular Hbond substituents is 1. The molecule has 0 saturated heterocycles. The maximum absolute atomic E-state index is 12.2. The van der Waals surface area contributed by atoms with Crippen molar-refractivity contribution in [2.75, 3.05) is 26.8 Å². The van der Waals surface area contributed by atoms with Gasteiger partial charge in [0.25, 0.3) is 5.91 Å². The monoisotopic (exact) mass is 263 g/mol. The predicted octanol–water partition coefficient (Wildman–Crippen LogP) is 2.20. The molecule has 4 heteroatoms. The van der Waals surface area contributed by atoms with Gasteiger partial charge in [-0.25, -0.2) is 0 Å². The Hall–Kier alpha value is -1.55. The Morgan fingerprint density at radius 3 is 2.89 bits per heavy atom. The van der Waals surface area contributed by atoms with Gasteiger partial charge >= 0.3 is 0 Å². The highest BCUT2D eigenvalue weighted by molar-refractivity contribution is 5.96. The zero-order valence-electron chi connectivity index (χ0n) is 11.6. The summed E-state index contributed by atoms with van der Waals surface area (Å²) in [4.78, 5) is 13.9. The van der Waals surface area contributed by atoms with Crippen LogP contribution in [0.5, 0.6) is 5.75 Å². The average molecular weight is 263 g/mol. The highest BCUT2D eigenvalue weighted by Crippen LogP contribution is 2.28. The number of nitrogens with zero attached hydrogens (tertiary/aromatic N) is 1. The van der Waals surface area contributed by atoms with Crippen molar-refractivity contribution >= 4 is 5.91 Å². The topological polar surface area (TPSA) is 49.8 Å². The Morgan fingerprint density at radius 1 is 1.47 bits per heavy atom. The fraction of sp³-hybridized carbons (Fsp3) is 0.533. The quantitative estimate of drug-likeness (QED) is 0.800. The fourth-order valence-electron chi connectivity index (χ4n) is 1.90. The third kappa shape index (κ3) is 3.70. The summed E-state index contributed by atoms with van der Waals surface area (Å²) >= 11 is 0. The highest BCUT2D eigenvalue weighted by Gasteiger charge is 2.21. The molecule has 1 N–H and O–H groups in total. The normalized spacial score (nSPS) is 14.4. The maximum atomic E-state index is 12.2. The molecule has 1 amide bonds. The zero-order valence-corrected chi connectivity index (χ0v) is 11.6. The van der Waals surface area contributed by atoms with Gasteiger partial charge in [-0.05, 0) is 37.8 Å². The molecule has 2 rings (SSSR count). The number of aromatic hydroxyl groups is 1. The molecule has 104 valence electrons. The molecule has 1 fully saturated rings. The molecular weight excluding hydrogens is 242 g/mol. The fourth-order valence-corrected chi connectivity index (χ4v) is 1.90. The van der Waals surface area contributed by atoms with E-state index in [2.05, 4.69) is 0 Å². The van der Waals surface area contributed by atoms with E-state index in [0.29, 0.717) is 24.3 Å². The average Bonchev–Trinajstić information content (AvgIpc) is 3.21. The number of likely N-dealkylation sites (N-methyl/N-ethyl adjacent to an activating group) is 1. The molecule has 0 aliphatic heterocycles. The van der Waals surface area contributed by atoms with Crippen molar-refractivity contribution in [3.8, 4) is 5.75 Å². The molecular formula is C15H21NO3. The summed E-state index contributed by atoms with van der Waals surface area (Å²) in [5.74, 6) is 0.821. The van der Waals surface area contributed by atoms with E-state index in [0.717, 1.165) is 12.5 Å². The van der Waals surface area contributed by atoms with Crippen LogP contribution in [0.4, 0.5) is 0 Å². The van der Waals surface area contributed by atoms with Gasteiger partial charge in [-0.2, -0.15) is 0 Å². The minimum atomic E-state index is -0.0802. The minimum Gasteiger partial charge on any atom is -0.508 e. The first-order valence-corrected chi connectivity index (χ1v) is 6.71. The molecule has 0 unspecified atom stereocenters.